The van der Waals surface area contributed by atoms with E-state index in [-0.39, 0.29) is 0 Å². The molecule has 1 unspecified atom stereocenters. The van der Waals surface area contributed by atoms with Crippen LogP contribution in [0.4, 0.5) is 0 Å². The van der Waals surface area contributed by atoms with Crippen molar-refractivity contribution in [1.29, 1.82) is 0 Å². The van der Waals surface area contributed by atoms with Crippen LogP contribution < -0.4 is 5.32 Å². The zero-order valence-corrected chi connectivity index (χ0v) is 14.1. The van der Waals surface area contributed by atoms with Crippen LogP contribution in [0.5, 0.6) is 0 Å². The van der Waals surface area contributed by atoms with Gasteiger partial charge in [-0.1, -0.05) is 20.8 Å². The molecule has 1 aliphatic carbocycles. The van der Waals surface area contributed by atoms with Gasteiger partial charge < -0.3 is 15.1 Å². The third-order valence-electron chi connectivity index (χ3n) is 5.51. The van der Waals surface area contributed by atoms with E-state index in [1.165, 1.54) is 64.8 Å². The molecule has 2 aliphatic rings. The van der Waals surface area contributed by atoms with Crippen LogP contribution in [-0.2, 0) is 0 Å². The standard InChI is InChI=1S/C17H35N3/c1-5-17(3,13-18-15-7-8-15)14-19(4)16-9-11-20(6-2)12-10-16/h15-16,18H,5-14H2,1-4H3. The SMILES string of the molecule is CCN1CCC(N(C)CC(C)(CC)CNC2CC2)CC1. The molecule has 2 fully saturated rings. The minimum Gasteiger partial charge on any atom is -0.313 e. The Balaban J connectivity index is 1.77. The van der Waals surface area contributed by atoms with Crippen molar-refractivity contribution >= 4 is 0 Å². The maximum Gasteiger partial charge on any atom is 0.0117 e. The fourth-order valence-electron chi connectivity index (χ4n) is 3.38. The molecule has 0 spiro atoms. The quantitative estimate of drug-likeness (QED) is 0.738. The summed E-state index contributed by atoms with van der Waals surface area (Å²) < 4.78 is 0. The van der Waals surface area contributed by atoms with E-state index in [4.69, 9.17) is 0 Å². The third-order valence-corrected chi connectivity index (χ3v) is 5.51. The summed E-state index contributed by atoms with van der Waals surface area (Å²) in [6, 6.07) is 1.63. The van der Waals surface area contributed by atoms with E-state index >= 15 is 0 Å². The van der Waals surface area contributed by atoms with Gasteiger partial charge in [-0.3, -0.25) is 0 Å². The first kappa shape index (κ1) is 16.3. The predicted molar refractivity (Wildman–Crippen MR) is 87.2 cm³/mol. The molecule has 2 rings (SSSR count). The number of nitrogens with one attached hydrogen (secondary N) is 1. The van der Waals surface area contributed by atoms with Crippen molar-refractivity contribution in [1.82, 2.24) is 15.1 Å². The minimum atomic E-state index is 0.430. The van der Waals surface area contributed by atoms with Crippen LogP contribution in [0.1, 0.15) is 52.9 Å². The summed E-state index contributed by atoms with van der Waals surface area (Å²) in [5.41, 5.74) is 0.430. The van der Waals surface area contributed by atoms with Gasteiger partial charge in [-0.25, -0.2) is 0 Å². The Morgan fingerprint density at radius 1 is 1.15 bits per heavy atom. The number of piperidine rings is 1. The van der Waals surface area contributed by atoms with Gasteiger partial charge in [0.2, 0.25) is 0 Å². The second-order valence-corrected chi connectivity index (χ2v) is 7.40. The van der Waals surface area contributed by atoms with E-state index in [2.05, 4.69) is 42.9 Å². The molecule has 0 aromatic carbocycles. The molecule has 0 bridgehead atoms. The lowest BCUT2D eigenvalue weighted by molar-refractivity contribution is 0.0904. The number of nitrogens with zero attached hydrogens (tertiary/aromatic N) is 2. The van der Waals surface area contributed by atoms with Gasteiger partial charge in [0.1, 0.15) is 0 Å². The van der Waals surface area contributed by atoms with Gasteiger partial charge in [-0.15, -0.1) is 0 Å². The average Bonchev–Trinajstić information content (AvgIpc) is 3.29. The van der Waals surface area contributed by atoms with E-state index in [1.807, 2.05) is 0 Å². The molecule has 1 N–H and O–H groups in total. The molecule has 1 atom stereocenters. The van der Waals surface area contributed by atoms with Crippen molar-refractivity contribution in [2.45, 2.75) is 65.0 Å². The number of rotatable bonds is 8. The molecule has 0 aromatic rings. The Morgan fingerprint density at radius 2 is 1.80 bits per heavy atom. The van der Waals surface area contributed by atoms with Crippen LogP contribution in [0.15, 0.2) is 0 Å². The second kappa shape index (κ2) is 7.24. The molecular weight excluding hydrogens is 246 g/mol. The summed E-state index contributed by atoms with van der Waals surface area (Å²) >= 11 is 0. The molecule has 0 aromatic heterocycles. The van der Waals surface area contributed by atoms with Gasteiger partial charge in [0.05, 0.1) is 0 Å². The van der Waals surface area contributed by atoms with Gasteiger partial charge in [-0.05, 0) is 64.2 Å². The van der Waals surface area contributed by atoms with Gasteiger partial charge in [0.25, 0.3) is 0 Å². The lowest BCUT2D eigenvalue weighted by atomic mass is 9.86. The second-order valence-electron chi connectivity index (χ2n) is 7.40. The van der Waals surface area contributed by atoms with Crippen LogP contribution in [0, 0.1) is 5.41 Å². The lowest BCUT2D eigenvalue weighted by Crippen LogP contribution is -2.48. The van der Waals surface area contributed by atoms with E-state index in [0.29, 0.717) is 5.41 Å². The average molecular weight is 281 g/mol. The first-order valence-corrected chi connectivity index (χ1v) is 8.72. The fourth-order valence-corrected chi connectivity index (χ4v) is 3.38. The summed E-state index contributed by atoms with van der Waals surface area (Å²) in [6.45, 7) is 13.3. The van der Waals surface area contributed by atoms with Crippen LogP contribution in [0.3, 0.4) is 0 Å². The molecule has 1 heterocycles. The zero-order valence-electron chi connectivity index (χ0n) is 14.1. The van der Waals surface area contributed by atoms with E-state index in [0.717, 1.165) is 12.1 Å². The maximum absolute atomic E-state index is 3.74. The topological polar surface area (TPSA) is 18.5 Å². The van der Waals surface area contributed by atoms with E-state index in [1.54, 1.807) is 0 Å². The monoisotopic (exact) mass is 281 g/mol. The summed E-state index contributed by atoms with van der Waals surface area (Å²) in [6.07, 6.45) is 6.75. The molecule has 3 nitrogen and oxygen atoms in total. The van der Waals surface area contributed by atoms with Crippen molar-refractivity contribution < 1.29 is 0 Å². The van der Waals surface area contributed by atoms with E-state index in [9.17, 15) is 0 Å². The highest BCUT2D eigenvalue weighted by Crippen LogP contribution is 2.27. The normalized spacial score (nSPS) is 25.1. The van der Waals surface area contributed by atoms with Crippen molar-refractivity contribution in [2.75, 3.05) is 39.8 Å². The molecule has 1 aliphatic heterocycles. The Bertz CT molecular complexity index is 282. The summed E-state index contributed by atoms with van der Waals surface area (Å²) in [5.74, 6) is 0. The zero-order chi connectivity index (χ0) is 14.6. The fraction of sp³-hybridized carbons (Fsp3) is 1.00. The highest BCUT2D eigenvalue weighted by molar-refractivity contribution is 4.88. The third kappa shape index (κ3) is 4.71. The highest BCUT2D eigenvalue weighted by Gasteiger charge is 2.31. The Hall–Kier alpha value is -0.120. The number of likely N-dealkylation sites (tertiary alicyclic amines) is 1. The Kier molecular flexibility index (Phi) is 5.88. The van der Waals surface area contributed by atoms with Gasteiger partial charge in [-0.2, -0.15) is 0 Å². The lowest BCUT2D eigenvalue weighted by Gasteiger charge is -2.41. The highest BCUT2D eigenvalue weighted by atomic mass is 15.2. The van der Waals surface area contributed by atoms with Crippen LogP contribution >= 0.6 is 0 Å². The van der Waals surface area contributed by atoms with Crippen molar-refractivity contribution in [3.63, 3.8) is 0 Å². The van der Waals surface area contributed by atoms with Crippen LogP contribution in [0.2, 0.25) is 0 Å². The molecular formula is C17H35N3. The van der Waals surface area contributed by atoms with Gasteiger partial charge in [0, 0.05) is 25.2 Å². The Labute approximate surface area is 126 Å². The molecule has 0 radical (unpaired) electrons. The first-order valence-electron chi connectivity index (χ1n) is 8.72. The molecule has 118 valence electrons. The minimum absolute atomic E-state index is 0.430. The number of hydrogen-bond donors (Lipinski definition) is 1. The van der Waals surface area contributed by atoms with Crippen LogP contribution in [-0.4, -0.2) is 61.7 Å². The summed E-state index contributed by atoms with van der Waals surface area (Å²) in [5, 5.41) is 3.74. The molecule has 0 amide bonds. The summed E-state index contributed by atoms with van der Waals surface area (Å²) in [7, 11) is 2.34. The molecule has 3 heteroatoms. The smallest absolute Gasteiger partial charge is 0.0117 e. The van der Waals surface area contributed by atoms with E-state index < -0.39 is 0 Å². The predicted octanol–water partition coefficient (Wildman–Crippen LogP) is 2.57. The van der Waals surface area contributed by atoms with Gasteiger partial charge in [0.15, 0.2) is 0 Å². The maximum atomic E-state index is 3.74. The van der Waals surface area contributed by atoms with Crippen molar-refractivity contribution in [3.8, 4) is 0 Å². The largest absolute Gasteiger partial charge is 0.313 e. The summed E-state index contributed by atoms with van der Waals surface area (Å²) in [4.78, 5) is 5.23. The Morgan fingerprint density at radius 3 is 2.30 bits per heavy atom. The van der Waals surface area contributed by atoms with Crippen LogP contribution in [0.25, 0.3) is 0 Å². The first-order chi connectivity index (χ1) is 9.56. The van der Waals surface area contributed by atoms with Crippen molar-refractivity contribution in [3.05, 3.63) is 0 Å². The van der Waals surface area contributed by atoms with Crippen molar-refractivity contribution in [2.24, 2.45) is 5.41 Å². The van der Waals surface area contributed by atoms with Gasteiger partial charge >= 0.3 is 0 Å². The molecule has 20 heavy (non-hydrogen) atoms. The number of hydrogen-bond acceptors (Lipinski definition) is 3. The molecule has 1 saturated carbocycles. The molecule has 1 saturated heterocycles.